The van der Waals surface area contributed by atoms with Gasteiger partial charge in [0.1, 0.15) is 11.6 Å². The summed E-state index contributed by atoms with van der Waals surface area (Å²) in [7, 11) is 0. The summed E-state index contributed by atoms with van der Waals surface area (Å²) >= 11 is 12.3. The van der Waals surface area contributed by atoms with Gasteiger partial charge in [-0.15, -0.1) is 0 Å². The van der Waals surface area contributed by atoms with Gasteiger partial charge in [-0.3, -0.25) is 14.4 Å². The minimum atomic E-state index is -1.16. The molecule has 2 N–H and O–H groups in total. The highest BCUT2D eigenvalue weighted by atomic mass is 35.5. The molecule has 2 saturated carbocycles. The van der Waals surface area contributed by atoms with E-state index in [0.29, 0.717) is 21.7 Å². The van der Waals surface area contributed by atoms with Crippen molar-refractivity contribution in [3.05, 3.63) is 40.4 Å². The number of benzene rings is 1. The van der Waals surface area contributed by atoms with Gasteiger partial charge in [0.15, 0.2) is 0 Å². The molecule has 8 atom stereocenters. The first-order chi connectivity index (χ1) is 18.7. The van der Waals surface area contributed by atoms with Crippen molar-refractivity contribution < 1.29 is 19.1 Å². The van der Waals surface area contributed by atoms with E-state index in [2.05, 4.69) is 24.5 Å². The van der Waals surface area contributed by atoms with Crippen LogP contribution >= 0.6 is 23.2 Å². The fourth-order valence-electron chi connectivity index (χ4n) is 7.89. The van der Waals surface area contributed by atoms with Crippen LogP contribution in [-0.4, -0.2) is 52.5 Å². The molecule has 1 aromatic rings. The van der Waals surface area contributed by atoms with Crippen LogP contribution in [0.4, 0.5) is 5.69 Å². The van der Waals surface area contributed by atoms with Crippen LogP contribution in [0.1, 0.15) is 65.2 Å². The average molecular weight is 575 g/mol. The minimum Gasteiger partial charge on any atom is -0.359 e. The number of hydrogen-bond donors (Lipinski definition) is 2. The second-order valence-corrected chi connectivity index (χ2v) is 13.1. The summed E-state index contributed by atoms with van der Waals surface area (Å²) in [6.45, 7) is 4.41. The number of likely N-dealkylation sites (tertiary alicyclic amines) is 1. The van der Waals surface area contributed by atoms with Crippen molar-refractivity contribution >= 4 is 46.6 Å². The Hall–Kier alpha value is -2.09. The molecule has 39 heavy (non-hydrogen) atoms. The Morgan fingerprint density at radius 2 is 1.69 bits per heavy atom. The molecule has 0 unspecified atom stereocenters. The monoisotopic (exact) mass is 573 g/mol. The number of ether oxygens (including phenoxy) is 1. The van der Waals surface area contributed by atoms with Gasteiger partial charge in [0, 0.05) is 27.8 Å². The molecular weight excluding hydrogens is 537 g/mol. The number of rotatable bonds is 5. The molecule has 0 radical (unpaired) electrons. The van der Waals surface area contributed by atoms with E-state index < -0.39 is 29.6 Å². The van der Waals surface area contributed by atoms with Crippen molar-refractivity contribution in [2.24, 2.45) is 23.7 Å². The number of nitrogens with one attached hydrogen (secondary N) is 2. The van der Waals surface area contributed by atoms with E-state index in [1.807, 2.05) is 17.1 Å². The molecule has 6 rings (SSSR count). The Morgan fingerprint density at radius 3 is 2.41 bits per heavy atom. The largest absolute Gasteiger partial charge is 0.359 e. The minimum absolute atomic E-state index is 0.0742. The molecule has 1 aromatic carbocycles. The number of carbonyl (C=O) groups is 3. The normalized spacial score (nSPS) is 37.7. The van der Waals surface area contributed by atoms with Gasteiger partial charge in [0.2, 0.25) is 17.7 Å². The summed E-state index contributed by atoms with van der Waals surface area (Å²) in [4.78, 5) is 44.1. The predicted molar refractivity (Wildman–Crippen MR) is 150 cm³/mol. The molecule has 0 aromatic heterocycles. The van der Waals surface area contributed by atoms with E-state index in [0.717, 1.165) is 44.9 Å². The van der Waals surface area contributed by atoms with Gasteiger partial charge in [0.05, 0.1) is 17.9 Å². The summed E-state index contributed by atoms with van der Waals surface area (Å²) < 4.78 is 6.53. The van der Waals surface area contributed by atoms with E-state index in [-0.39, 0.29) is 35.7 Å². The van der Waals surface area contributed by atoms with Crippen molar-refractivity contribution in [3.63, 3.8) is 0 Å². The third-order valence-corrected chi connectivity index (χ3v) is 10.4. The Morgan fingerprint density at radius 1 is 0.974 bits per heavy atom. The Kier molecular flexibility index (Phi) is 7.22. The van der Waals surface area contributed by atoms with Crippen LogP contribution < -0.4 is 10.6 Å². The summed E-state index contributed by atoms with van der Waals surface area (Å²) in [5.41, 5.74) is -0.698. The van der Waals surface area contributed by atoms with Gasteiger partial charge < -0.3 is 20.3 Å². The van der Waals surface area contributed by atoms with Crippen LogP contribution in [0.25, 0.3) is 0 Å². The van der Waals surface area contributed by atoms with Crippen molar-refractivity contribution in [3.8, 4) is 0 Å². The summed E-state index contributed by atoms with van der Waals surface area (Å²) in [5.74, 6) is -1.49. The van der Waals surface area contributed by atoms with Gasteiger partial charge in [0.25, 0.3) is 0 Å². The topological polar surface area (TPSA) is 87.7 Å². The number of halogens is 2. The smallest absolute Gasteiger partial charge is 0.246 e. The molecule has 2 bridgehead atoms. The molecule has 2 saturated heterocycles. The van der Waals surface area contributed by atoms with Gasteiger partial charge in [-0.05, 0) is 49.3 Å². The molecule has 2 aliphatic carbocycles. The zero-order valence-electron chi connectivity index (χ0n) is 22.5. The lowest BCUT2D eigenvalue weighted by Crippen LogP contribution is -2.60. The fourth-order valence-corrected chi connectivity index (χ4v) is 8.42. The summed E-state index contributed by atoms with van der Waals surface area (Å²) in [6.07, 6.45) is 11.4. The first-order valence-electron chi connectivity index (χ1n) is 14.5. The number of carbonyl (C=O) groups excluding carboxylic acids is 3. The van der Waals surface area contributed by atoms with Crippen molar-refractivity contribution in [1.82, 2.24) is 10.2 Å². The predicted octanol–water partition coefficient (Wildman–Crippen LogP) is 5.36. The molecular formula is C30H37Cl2N3O4. The Balaban J connectivity index is 1.34. The van der Waals surface area contributed by atoms with E-state index in [4.69, 9.17) is 27.9 Å². The standard InChI is InChI=1S/C30H37Cl2N3O4/c1-16-7-6-10-22(17(16)2)35-26(28(37)33-20-8-4-3-5-9-20)30-12-11-23(39-30)24(25(30)29(35)38)27(36)34-21-14-18(31)13-19(32)15-21/h11-17,20,22-26H,3-10H2,1-2H3,(H,33,37)(H,34,36)/t16-,17+,22+,23+,24-,25+,26+,30+/m1/s1. The number of amides is 3. The molecule has 3 heterocycles. The van der Waals surface area contributed by atoms with Crippen LogP contribution in [0.5, 0.6) is 0 Å². The Bertz CT molecular complexity index is 1180. The fraction of sp³-hybridized carbons (Fsp3) is 0.633. The third kappa shape index (κ3) is 4.58. The highest BCUT2D eigenvalue weighted by Crippen LogP contribution is 2.57. The first-order valence-corrected chi connectivity index (χ1v) is 15.2. The van der Waals surface area contributed by atoms with Crippen molar-refractivity contribution in [2.75, 3.05) is 5.32 Å². The zero-order chi connectivity index (χ0) is 27.5. The van der Waals surface area contributed by atoms with Crippen LogP contribution in [0, 0.1) is 23.7 Å². The number of fused-ring (bicyclic) bond motifs is 1. The third-order valence-electron chi connectivity index (χ3n) is 9.97. The van der Waals surface area contributed by atoms with Gasteiger partial charge in [-0.2, -0.15) is 0 Å². The molecule has 5 aliphatic rings. The number of anilines is 1. The second-order valence-electron chi connectivity index (χ2n) is 12.3. The number of nitrogens with zero attached hydrogens (tertiary/aromatic N) is 1. The van der Waals surface area contributed by atoms with Crippen molar-refractivity contribution in [1.29, 1.82) is 0 Å². The first kappa shape index (κ1) is 27.1. The summed E-state index contributed by atoms with van der Waals surface area (Å²) in [6, 6.07) is 4.08. The highest BCUT2D eigenvalue weighted by Gasteiger charge is 2.73. The maximum Gasteiger partial charge on any atom is 0.246 e. The van der Waals surface area contributed by atoms with Crippen LogP contribution in [0.15, 0.2) is 30.4 Å². The maximum atomic E-state index is 14.4. The molecule has 9 heteroatoms. The van der Waals surface area contributed by atoms with Crippen LogP contribution in [0.3, 0.4) is 0 Å². The van der Waals surface area contributed by atoms with Gasteiger partial charge >= 0.3 is 0 Å². The molecule has 3 aliphatic heterocycles. The molecule has 7 nitrogen and oxygen atoms in total. The van der Waals surface area contributed by atoms with E-state index in [1.165, 1.54) is 6.42 Å². The van der Waals surface area contributed by atoms with E-state index in [9.17, 15) is 14.4 Å². The molecule has 4 fully saturated rings. The van der Waals surface area contributed by atoms with Crippen molar-refractivity contribution in [2.45, 2.75) is 95.0 Å². The zero-order valence-corrected chi connectivity index (χ0v) is 24.0. The van der Waals surface area contributed by atoms with E-state index >= 15 is 0 Å². The maximum absolute atomic E-state index is 14.4. The van der Waals surface area contributed by atoms with Crippen LogP contribution in [-0.2, 0) is 19.1 Å². The lowest BCUT2D eigenvalue weighted by Gasteiger charge is -2.44. The lowest BCUT2D eigenvalue weighted by molar-refractivity contribution is -0.146. The number of hydrogen-bond acceptors (Lipinski definition) is 4. The van der Waals surface area contributed by atoms with Gasteiger partial charge in [-0.25, -0.2) is 0 Å². The molecule has 3 amide bonds. The summed E-state index contributed by atoms with van der Waals surface area (Å²) in [5, 5.41) is 7.00. The molecule has 1 spiro atoms. The average Bonchev–Trinajstić information content (AvgIpc) is 3.53. The molecule has 210 valence electrons. The SMILES string of the molecule is C[C@H]1[C@H](C)CCC[C@@H]1N1C(=O)[C@@H]2[C@H](C(=O)Nc3cc(Cl)cc(Cl)c3)[C@@H]3C=C[C@@]2(O3)[C@@H]1C(=O)NC1CCCCC1. The Labute approximate surface area is 240 Å². The van der Waals surface area contributed by atoms with Gasteiger partial charge in [-0.1, -0.05) is 81.3 Å². The van der Waals surface area contributed by atoms with E-state index in [1.54, 1.807) is 18.2 Å². The van der Waals surface area contributed by atoms with Crippen LogP contribution in [0.2, 0.25) is 10.0 Å². The quantitative estimate of drug-likeness (QED) is 0.464. The second kappa shape index (κ2) is 10.4. The highest BCUT2D eigenvalue weighted by molar-refractivity contribution is 6.35. The lowest BCUT2D eigenvalue weighted by atomic mass is 9.74.